The van der Waals surface area contributed by atoms with E-state index < -0.39 is 17.5 Å². The molecule has 4 amide bonds. The number of aromatic amines is 1. The third-order valence-electron chi connectivity index (χ3n) is 7.44. The Kier molecular flexibility index (Phi) is 6.07. The van der Waals surface area contributed by atoms with Crippen LogP contribution < -0.4 is 14.8 Å². The number of carbonyl (C=O) groups excluding carboxylic acids is 3. The molecule has 0 saturated carbocycles. The molecule has 0 bridgehead atoms. The number of aromatic nitrogens is 1. The number of nitrogens with one attached hydrogen (secondary N) is 2. The molecule has 2 fully saturated rings. The number of fused-ring (bicyclic) bond motifs is 1. The van der Waals surface area contributed by atoms with Crippen LogP contribution in [0.25, 0.3) is 10.9 Å². The lowest BCUT2D eigenvalue weighted by molar-refractivity contribution is -0.139. The zero-order valence-electron chi connectivity index (χ0n) is 20.7. The van der Waals surface area contributed by atoms with Gasteiger partial charge in [0, 0.05) is 30.2 Å². The average molecular weight is 491 g/mol. The van der Waals surface area contributed by atoms with Gasteiger partial charge in [0.15, 0.2) is 0 Å². The molecule has 188 valence electrons. The van der Waals surface area contributed by atoms with E-state index in [0.29, 0.717) is 30.3 Å². The fourth-order valence-electron chi connectivity index (χ4n) is 5.22. The van der Waals surface area contributed by atoms with E-state index in [4.69, 9.17) is 9.47 Å². The van der Waals surface area contributed by atoms with E-state index in [0.717, 1.165) is 34.4 Å². The van der Waals surface area contributed by atoms with Gasteiger partial charge in [-0.15, -0.1) is 0 Å². The van der Waals surface area contributed by atoms with Crippen LogP contribution in [0.4, 0.5) is 4.79 Å². The number of imide groups is 1. The third kappa shape index (κ3) is 4.04. The number of carbonyl (C=O) groups is 3. The zero-order valence-corrected chi connectivity index (χ0v) is 20.7. The van der Waals surface area contributed by atoms with Crippen molar-refractivity contribution in [2.24, 2.45) is 0 Å². The van der Waals surface area contributed by atoms with Crippen LogP contribution in [-0.4, -0.2) is 66.5 Å². The quantitative estimate of drug-likeness (QED) is 0.516. The molecule has 1 aromatic heterocycles. The number of piperidine rings is 1. The van der Waals surface area contributed by atoms with Gasteiger partial charge in [0.25, 0.3) is 5.91 Å². The molecule has 1 atom stereocenters. The highest BCUT2D eigenvalue weighted by Gasteiger charge is 2.49. The van der Waals surface area contributed by atoms with Gasteiger partial charge in [-0.05, 0) is 67.1 Å². The average Bonchev–Trinajstić information content (AvgIpc) is 3.42. The summed E-state index contributed by atoms with van der Waals surface area (Å²) in [6.07, 6.45) is 3.65. The number of H-pyrrole nitrogens is 1. The highest BCUT2D eigenvalue weighted by molar-refractivity contribution is 6.09. The van der Waals surface area contributed by atoms with Gasteiger partial charge in [-0.25, -0.2) is 4.79 Å². The van der Waals surface area contributed by atoms with Crippen LogP contribution in [0.1, 0.15) is 36.8 Å². The predicted octanol–water partition coefficient (Wildman–Crippen LogP) is 3.36. The van der Waals surface area contributed by atoms with Crippen molar-refractivity contribution in [1.82, 2.24) is 20.1 Å². The molecule has 5 rings (SSSR count). The van der Waals surface area contributed by atoms with E-state index in [2.05, 4.69) is 10.3 Å². The molecule has 2 saturated heterocycles. The Labute approximate surface area is 209 Å². The lowest BCUT2D eigenvalue weighted by atomic mass is 9.89. The maximum Gasteiger partial charge on any atom is 0.325 e. The number of nitrogens with zero attached hydrogens (tertiary/aromatic N) is 2. The normalized spacial score (nSPS) is 20.6. The van der Waals surface area contributed by atoms with Crippen molar-refractivity contribution in [3.8, 4) is 11.5 Å². The summed E-state index contributed by atoms with van der Waals surface area (Å²) < 4.78 is 10.6. The van der Waals surface area contributed by atoms with Gasteiger partial charge in [0.05, 0.1) is 14.2 Å². The first-order chi connectivity index (χ1) is 17.3. The van der Waals surface area contributed by atoms with Crippen LogP contribution >= 0.6 is 0 Å². The fraction of sp³-hybridized carbons (Fsp3) is 0.370. The highest BCUT2D eigenvalue weighted by Crippen LogP contribution is 2.35. The van der Waals surface area contributed by atoms with E-state index >= 15 is 0 Å². The smallest absolute Gasteiger partial charge is 0.325 e. The molecular weight excluding hydrogens is 460 g/mol. The second-order valence-corrected chi connectivity index (χ2v) is 9.49. The standard InChI is InChI=1S/C27H30N4O5/c1-27(18-4-6-19(35-2)7-5-18)25(33)31(26(34)29-27)16-24(32)30-12-10-17(11-13-30)22-15-28-23-9-8-20(36-3)14-21(22)23/h4-9,14-15,17,28H,10-13,16H2,1-3H3,(H,29,34). The minimum absolute atomic E-state index is 0.225. The maximum atomic E-state index is 13.2. The molecule has 2 aliphatic heterocycles. The van der Waals surface area contributed by atoms with Crippen molar-refractivity contribution in [3.05, 3.63) is 59.8 Å². The predicted molar refractivity (Wildman–Crippen MR) is 134 cm³/mol. The van der Waals surface area contributed by atoms with Crippen molar-refractivity contribution in [3.63, 3.8) is 0 Å². The van der Waals surface area contributed by atoms with Gasteiger partial charge in [-0.2, -0.15) is 0 Å². The molecule has 0 spiro atoms. The Hall–Kier alpha value is -4.01. The largest absolute Gasteiger partial charge is 0.497 e. The van der Waals surface area contributed by atoms with E-state index in [-0.39, 0.29) is 12.5 Å². The van der Waals surface area contributed by atoms with Crippen molar-refractivity contribution in [1.29, 1.82) is 0 Å². The number of benzene rings is 2. The molecule has 9 nitrogen and oxygen atoms in total. The summed E-state index contributed by atoms with van der Waals surface area (Å²) in [6, 6.07) is 12.4. The molecule has 0 radical (unpaired) electrons. The summed E-state index contributed by atoms with van der Waals surface area (Å²) in [5.41, 5.74) is 1.68. The second-order valence-electron chi connectivity index (χ2n) is 9.49. The molecule has 36 heavy (non-hydrogen) atoms. The Balaban J connectivity index is 1.23. The van der Waals surface area contributed by atoms with Crippen molar-refractivity contribution >= 4 is 28.7 Å². The molecular formula is C27H30N4O5. The first kappa shape index (κ1) is 23.7. The van der Waals surface area contributed by atoms with Crippen LogP contribution in [0.2, 0.25) is 0 Å². The molecule has 1 unspecified atom stereocenters. The molecule has 2 N–H and O–H groups in total. The molecule has 0 aliphatic carbocycles. The Morgan fingerprint density at radius 1 is 1.03 bits per heavy atom. The molecule has 9 heteroatoms. The zero-order chi connectivity index (χ0) is 25.4. The number of likely N-dealkylation sites (tertiary alicyclic amines) is 1. The minimum Gasteiger partial charge on any atom is -0.497 e. The number of methoxy groups -OCH3 is 2. The Morgan fingerprint density at radius 2 is 1.69 bits per heavy atom. The SMILES string of the molecule is COc1ccc(C2(C)NC(=O)N(CC(=O)N3CCC(c4c[nH]c5ccc(OC)cc45)CC3)C2=O)cc1. The Bertz CT molecular complexity index is 1310. The molecule has 3 aromatic rings. The van der Waals surface area contributed by atoms with Crippen LogP contribution in [0, 0.1) is 0 Å². The summed E-state index contributed by atoms with van der Waals surface area (Å²) in [5, 5.41) is 3.89. The van der Waals surface area contributed by atoms with Crippen LogP contribution in [0.5, 0.6) is 11.5 Å². The van der Waals surface area contributed by atoms with Crippen molar-refractivity contribution < 1.29 is 23.9 Å². The topological polar surface area (TPSA) is 104 Å². The summed E-state index contributed by atoms with van der Waals surface area (Å²) in [6.45, 7) is 2.52. The lowest BCUT2D eigenvalue weighted by Gasteiger charge is -2.33. The number of rotatable bonds is 6. The van der Waals surface area contributed by atoms with Gasteiger partial charge in [0.1, 0.15) is 23.6 Å². The summed E-state index contributed by atoms with van der Waals surface area (Å²) >= 11 is 0. The van der Waals surface area contributed by atoms with Gasteiger partial charge >= 0.3 is 6.03 Å². The van der Waals surface area contributed by atoms with Gasteiger partial charge in [-0.3, -0.25) is 14.5 Å². The van der Waals surface area contributed by atoms with Gasteiger partial charge < -0.3 is 24.7 Å². The fourth-order valence-corrected chi connectivity index (χ4v) is 5.22. The van der Waals surface area contributed by atoms with Crippen molar-refractivity contribution in [2.45, 2.75) is 31.2 Å². The first-order valence-electron chi connectivity index (χ1n) is 12.1. The number of hydrogen-bond acceptors (Lipinski definition) is 5. The molecule has 2 aromatic carbocycles. The van der Waals surface area contributed by atoms with E-state index in [1.165, 1.54) is 5.56 Å². The summed E-state index contributed by atoms with van der Waals surface area (Å²) in [7, 11) is 3.22. The van der Waals surface area contributed by atoms with Crippen molar-refractivity contribution in [2.75, 3.05) is 33.9 Å². The summed E-state index contributed by atoms with van der Waals surface area (Å²) in [5.74, 6) is 1.11. The van der Waals surface area contributed by atoms with E-state index in [1.54, 1.807) is 50.3 Å². The van der Waals surface area contributed by atoms with Crippen LogP contribution in [0.3, 0.4) is 0 Å². The number of ether oxygens (including phenoxy) is 2. The third-order valence-corrected chi connectivity index (χ3v) is 7.44. The lowest BCUT2D eigenvalue weighted by Crippen LogP contribution is -2.46. The first-order valence-corrected chi connectivity index (χ1v) is 12.1. The highest BCUT2D eigenvalue weighted by atomic mass is 16.5. The second kappa shape index (κ2) is 9.22. The van der Waals surface area contributed by atoms with Crippen LogP contribution in [0.15, 0.2) is 48.7 Å². The number of amides is 4. The molecule has 3 heterocycles. The molecule has 2 aliphatic rings. The van der Waals surface area contributed by atoms with Gasteiger partial charge in [0.2, 0.25) is 5.91 Å². The Morgan fingerprint density at radius 3 is 2.36 bits per heavy atom. The monoisotopic (exact) mass is 490 g/mol. The minimum atomic E-state index is -1.23. The number of hydrogen-bond donors (Lipinski definition) is 2. The maximum absolute atomic E-state index is 13.2. The summed E-state index contributed by atoms with van der Waals surface area (Å²) in [4.78, 5) is 45.1. The van der Waals surface area contributed by atoms with E-state index in [9.17, 15) is 14.4 Å². The van der Waals surface area contributed by atoms with E-state index in [1.807, 2.05) is 24.4 Å². The van der Waals surface area contributed by atoms with Gasteiger partial charge in [-0.1, -0.05) is 12.1 Å². The number of urea groups is 1. The van der Waals surface area contributed by atoms with Crippen LogP contribution in [-0.2, 0) is 15.1 Å².